The number of urea groups is 1. The van der Waals surface area contributed by atoms with Crippen molar-refractivity contribution >= 4 is 12.0 Å². The summed E-state index contributed by atoms with van der Waals surface area (Å²) in [6, 6.07) is -1.16. The Balaban J connectivity index is 2.18. The Morgan fingerprint density at radius 3 is 2.53 bits per heavy atom. The summed E-state index contributed by atoms with van der Waals surface area (Å²) in [6.45, 7) is 2.38. The van der Waals surface area contributed by atoms with Gasteiger partial charge in [-0.3, -0.25) is 0 Å². The second kappa shape index (κ2) is 5.58. The molecule has 0 bridgehead atoms. The zero-order valence-electron chi connectivity index (χ0n) is 8.95. The summed E-state index contributed by atoms with van der Waals surface area (Å²) in [7, 11) is 0. The summed E-state index contributed by atoms with van der Waals surface area (Å²) >= 11 is 0. The lowest BCUT2D eigenvalue weighted by atomic mass is 9.85. The molecular formula is C10H18N2O3. The number of carboxylic acids is 1. The van der Waals surface area contributed by atoms with Crippen molar-refractivity contribution in [1.82, 2.24) is 10.6 Å². The molecule has 1 atom stereocenters. The maximum absolute atomic E-state index is 11.3. The molecule has 2 amide bonds. The zero-order chi connectivity index (χ0) is 11.3. The van der Waals surface area contributed by atoms with Gasteiger partial charge in [-0.15, -0.1) is 0 Å². The van der Waals surface area contributed by atoms with Crippen LogP contribution in [-0.4, -0.2) is 29.7 Å². The van der Waals surface area contributed by atoms with E-state index in [1.165, 1.54) is 6.42 Å². The molecule has 0 saturated heterocycles. The normalized spacial score (nSPS) is 17.7. The lowest BCUT2D eigenvalue weighted by molar-refractivity contribution is -0.139. The lowest BCUT2D eigenvalue weighted by Crippen LogP contribution is -2.47. The predicted octanol–water partition coefficient (Wildman–Crippen LogP) is 0.949. The highest BCUT2D eigenvalue weighted by Crippen LogP contribution is 2.24. The van der Waals surface area contributed by atoms with E-state index in [2.05, 4.69) is 10.6 Å². The Labute approximate surface area is 89.2 Å². The van der Waals surface area contributed by atoms with Crippen LogP contribution in [0, 0.1) is 5.92 Å². The highest BCUT2D eigenvalue weighted by Gasteiger charge is 2.20. The van der Waals surface area contributed by atoms with Crippen molar-refractivity contribution < 1.29 is 14.7 Å². The number of rotatable bonds is 5. The number of carbonyl (C=O) groups excluding carboxylic acids is 1. The number of aliphatic carboxylic acids is 1. The average Bonchev–Trinajstić information content (AvgIpc) is 2.11. The van der Waals surface area contributed by atoms with Gasteiger partial charge in [-0.25, -0.2) is 9.59 Å². The number of carbonyl (C=O) groups is 2. The number of hydrogen-bond donors (Lipinski definition) is 3. The molecule has 0 aromatic carbocycles. The Hall–Kier alpha value is -1.26. The van der Waals surface area contributed by atoms with E-state index >= 15 is 0 Å². The highest BCUT2D eigenvalue weighted by molar-refractivity contribution is 5.82. The van der Waals surface area contributed by atoms with E-state index in [1.807, 2.05) is 0 Å². The molecule has 0 heterocycles. The Morgan fingerprint density at radius 1 is 1.47 bits per heavy atom. The van der Waals surface area contributed by atoms with Crippen LogP contribution in [-0.2, 0) is 4.79 Å². The van der Waals surface area contributed by atoms with Crippen LogP contribution >= 0.6 is 0 Å². The first kappa shape index (κ1) is 11.8. The fourth-order valence-corrected chi connectivity index (χ4v) is 1.48. The molecule has 1 unspecified atom stereocenters. The van der Waals surface area contributed by atoms with E-state index in [1.54, 1.807) is 6.92 Å². The molecular weight excluding hydrogens is 196 g/mol. The van der Waals surface area contributed by atoms with Crippen molar-refractivity contribution in [3.05, 3.63) is 0 Å². The predicted molar refractivity (Wildman–Crippen MR) is 55.6 cm³/mol. The average molecular weight is 214 g/mol. The lowest BCUT2D eigenvalue weighted by Gasteiger charge is -2.25. The standard InChI is InChI=1S/C10H18N2O3/c1-2-8(9(13)14)12-10(15)11-6-7-4-3-5-7/h7-8H,2-6H2,1H3,(H,13,14)(H2,11,12,15). The largest absolute Gasteiger partial charge is 0.480 e. The van der Waals surface area contributed by atoms with E-state index in [0.717, 1.165) is 12.8 Å². The molecule has 5 heteroatoms. The molecule has 1 rings (SSSR count). The quantitative estimate of drug-likeness (QED) is 0.637. The third-order valence-corrected chi connectivity index (χ3v) is 2.79. The first-order valence-electron chi connectivity index (χ1n) is 5.40. The summed E-state index contributed by atoms with van der Waals surface area (Å²) in [5, 5.41) is 13.8. The minimum Gasteiger partial charge on any atom is -0.480 e. The van der Waals surface area contributed by atoms with Crippen LogP contribution in [0.1, 0.15) is 32.6 Å². The maximum Gasteiger partial charge on any atom is 0.326 e. The first-order chi connectivity index (χ1) is 7.13. The van der Waals surface area contributed by atoms with Crippen molar-refractivity contribution in [2.75, 3.05) is 6.54 Å². The molecule has 0 radical (unpaired) electrons. The summed E-state index contributed by atoms with van der Waals surface area (Å²) in [5.74, 6) is -0.406. The van der Waals surface area contributed by atoms with Crippen LogP contribution in [0.2, 0.25) is 0 Å². The van der Waals surface area contributed by atoms with Gasteiger partial charge in [0.15, 0.2) is 0 Å². The molecule has 0 aromatic rings. The van der Waals surface area contributed by atoms with Crippen LogP contribution < -0.4 is 10.6 Å². The van der Waals surface area contributed by atoms with E-state index in [-0.39, 0.29) is 6.03 Å². The molecule has 1 fully saturated rings. The van der Waals surface area contributed by atoms with Crippen molar-refractivity contribution in [2.24, 2.45) is 5.92 Å². The third kappa shape index (κ3) is 3.77. The van der Waals surface area contributed by atoms with Gasteiger partial charge < -0.3 is 15.7 Å². The molecule has 0 spiro atoms. The van der Waals surface area contributed by atoms with E-state index in [9.17, 15) is 9.59 Å². The van der Waals surface area contributed by atoms with Crippen molar-refractivity contribution in [2.45, 2.75) is 38.6 Å². The molecule has 86 valence electrons. The molecule has 1 saturated carbocycles. The van der Waals surface area contributed by atoms with Crippen molar-refractivity contribution in [3.8, 4) is 0 Å². The Bertz CT molecular complexity index is 239. The molecule has 15 heavy (non-hydrogen) atoms. The van der Waals surface area contributed by atoms with Gasteiger partial charge in [0, 0.05) is 6.54 Å². The van der Waals surface area contributed by atoms with Gasteiger partial charge in [0.05, 0.1) is 0 Å². The van der Waals surface area contributed by atoms with E-state index in [4.69, 9.17) is 5.11 Å². The van der Waals surface area contributed by atoms with Crippen LogP contribution in [0.3, 0.4) is 0 Å². The van der Waals surface area contributed by atoms with E-state index < -0.39 is 12.0 Å². The summed E-state index contributed by atoms with van der Waals surface area (Å²) in [6.07, 6.45) is 3.96. The number of nitrogens with one attached hydrogen (secondary N) is 2. The topological polar surface area (TPSA) is 78.4 Å². The minimum absolute atomic E-state index is 0.379. The highest BCUT2D eigenvalue weighted by atomic mass is 16.4. The Kier molecular flexibility index (Phi) is 4.39. The molecule has 1 aliphatic rings. The minimum atomic E-state index is -0.990. The van der Waals surface area contributed by atoms with Gasteiger partial charge in [-0.1, -0.05) is 13.3 Å². The van der Waals surface area contributed by atoms with Gasteiger partial charge in [0.25, 0.3) is 0 Å². The fraction of sp³-hybridized carbons (Fsp3) is 0.800. The van der Waals surface area contributed by atoms with Gasteiger partial charge in [-0.05, 0) is 25.2 Å². The molecule has 5 nitrogen and oxygen atoms in total. The number of hydrogen-bond acceptors (Lipinski definition) is 2. The smallest absolute Gasteiger partial charge is 0.326 e. The first-order valence-corrected chi connectivity index (χ1v) is 5.40. The van der Waals surface area contributed by atoms with Gasteiger partial charge in [0.2, 0.25) is 0 Å². The number of carboxylic acid groups (broad SMARTS) is 1. The van der Waals surface area contributed by atoms with Crippen LogP contribution in [0.5, 0.6) is 0 Å². The fourth-order valence-electron chi connectivity index (χ4n) is 1.48. The summed E-state index contributed by atoms with van der Waals surface area (Å²) in [5.41, 5.74) is 0. The van der Waals surface area contributed by atoms with Gasteiger partial charge in [-0.2, -0.15) is 0 Å². The van der Waals surface area contributed by atoms with Gasteiger partial charge in [0.1, 0.15) is 6.04 Å². The SMILES string of the molecule is CCC(NC(=O)NCC1CCC1)C(=O)O. The second-order valence-corrected chi connectivity index (χ2v) is 3.95. The van der Waals surface area contributed by atoms with Crippen LogP contribution in [0.15, 0.2) is 0 Å². The third-order valence-electron chi connectivity index (χ3n) is 2.79. The monoisotopic (exact) mass is 214 g/mol. The van der Waals surface area contributed by atoms with Crippen molar-refractivity contribution in [1.29, 1.82) is 0 Å². The zero-order valence-corrected chi connectivity index (χ0v) is 8.95. The molecule has 0 aliphatic heterocycles. The van der Waals surface area contributed by atoms with Crippen molar-refractivity contribution in [3.63, 3.8) is 0 Å². The maximum atomic E-state index is 11.3. The van der Waals surface area contributed by atoms with Crippen LogP contribution in [0.4, 0.5) is 4.79 Å². The Morgan fingerprint density at radius 2 is 2.13 bits per heavy atom. The summed E-state index contributed by atoms with van der Waals surface area (Å²) in [4.78, 5) is 21.9. The van der Waals surface area contributed by atoms with E-state index in [0.29, 0.717) is 18.9 Å². The van der Waals surface area contributed by atoms with Gasteiger partial charge >= 0.3 is 12.0 Å². The van der Waals surface area contributed by atoms with Crippen LogP contribution in [0.25, 0.3) is 0 Å². The summed E-state index contributed by atoms with van der Waals surface area (Å²) < 4.78 is 0. The molecule has 1 aliphatic carbocycles. The number of amides is 2. The molecule has 0 aromatic heterocycles. The molecule has 3 N–H and O–H groups in total. The second-order valence-electron chi connectivity index (χ2n) is 3.95.